The number of ether oxygens (including phenoxy) is 3. The third-order valence-electron chi connectivity index (χ3n) is 2.99. The maximum absolute atomic E-state index is 13.2. The summed E-state index contributed by atoms with van der Waals surface area (Å²) in [5.41, 5.74) is 0.391. The fraction of sp³-hybridized carbons (Fsp3) is 0.200. The molecule has 1 atom stereocenters. The molecule has 2 aromatic rings. The normalized spacial score (nSPS) is 14.2. The summed E-state index contributed by atoms with van der Waals surface area (Å²) < 4.78 is 29.4. The second-order valence-corrected chi connectivity index (χ2v) is 4.48. The van der Waals surface area contributed by atoms with Crippen LogP contribution in [0, 0.1) is 5.82 Å². The van der Waals surface area contributed by atoms with E-state index in [0.717, 1.165) is 0 Å². The highest BCUT2D eigenvalue weighted by molar-refractivity contribution is 5.48. The maximum atomic E-state index is 13.2. The Morgan fingerprint density at radius 1 is 1.15 bits per heavy atom. The van der Waals surface area contributed by atoms with Crippen LogP contribution in [0.15, 0.2) is 36.4 Å². The molecule has 1 aliphatic heterocycles. The van der Waals surface area contributed by atoms with E-state index in [-0.39, 0.29) is 6.79 Å². The summed E-state index contributed by atoms with van der Waals surface area (Å²) in [7, 11) is 0. The second kappa shape index (κ2) is 5.02. The molecular weight excluding hydrogens is 263 g/mol. The lowest BCUT2D eigenvalue weighted by atomic mass is 10.1. The molecule has 1 N–H and O–H groups in total. The quantitative estimate of drug-likeness (QED) is 0.933. The van der Waals surface area contributed by atoms with Crippen LogP contribution < -0.4 is 14.2 Å². The van der Waals surface area contributed by atoms with Gasteiger partial charge in [-0.05, 0) is 37.3 Å². The molecule has 0 unspecified atom stereocenters. The van der Waals surface area contributed by atoms with Crippen molar-refractivity contribution < 1.29 is 23.7 Å². The molecule has 0 amide bonds. The lowest BCUT2D eigenvalue weighted by Gasteiger charge is -2.13. The van der Waals surface area contributed by atoms with Crippen molar-refractivity contribution in [2.45, 2.75) is 13.0 Å². The van der Waals surface area contributed by atoms with Crippen molar-refractivity contribution in [3.05, 3.63) is 47.8 Å². The molecule has 3 rings (SSSR count). The molecule has 2 aromatic carbocycles. The summed E-state index contributed by atoms with van der Waals surface area (Å²) in [6.45, 7) is 1.75. The predicted octanol–water partition coefficient (Wildman–Crippen LogP) is 3.40. The number of fused-ring (bicyclic) bond motifs is 1. The van der Waals surface area contributed by atoms with Crippen LogP contribution in [0.5, 0.6) is 23.0 Å². The van der Waals surface area contributed by atoms with E-state index in [1.807, 2.05) is 0 Å². The fourth-order valence-corrected chi connectivity index (χ4v) is 2.01. The molecule has 104 valence electrons. The Morgan fingerprint density at radius 2 is 1.95 bits per heavy atom. The van der Waals surface area contributed by atoms with Gasteiger partial charge in [-0.15, -0.1) is 0 Å². The highest BCUT2D eigenvalue weighted by Crippen LogP contribution is 2.38. The zero-order valence-electron chi connectivity index (χ0n) is 10.8. The first-order valence-electron chi connectivity index (χ1n) is 6.18. The number of aliphatic hydroxyl groups excluding tert-OH is 1. The molecule has 0 saturated carbocycles. The average molecular weight is 276 g/mol. The van der Waals surface area contributed by atoms with Crippen LogP contribution in [0.1, 0.15) is 18.6 Å². The lowest BCUT2D eigenvalue weighted by molar-refractivity contribution is 0.174. The number of aliphatic hydroxyl groups is 1. The molecule has 1 heterocycles. The first kappa shape index (κ1) is 12.7. The van der Waals surface area contributed by atoms with Gasteiger partial charge in [-0.3, -0.25) is 0 Å². The number of rotatable bonds is 3. The molecule has 20 heavy (non-hydrogen) atoms. The Morgan fingerprint density at radius 3 is 2.75 bits per heavy atom. The van der Waals surface area contributed by atoms with Gasteiger partial charge in [0.05, 0.1) is 6.10 Å². The number of benzene rings is 2. The minimum absolute atomic E-state index is 0.189. The average Bonchev–Trinajstić information content (AvgIpc) is 2.88. The molecule has 0 aliphatic carbocycles. The molecule has 0 radical (unpaired) electrons. The van der Waals surface area contributed by atoms with E-state index in [4.69, 9.17) is 14.2 Å². The Labute approximate surface area is 115 Å². The van der Waals surface area contributed by atoms with Crippen LogP contribution in [-0.2, 0) is 0 Å². The third kappa shape index (κ3) is 2.40. The highest BCUT2D eigenvalue weighted by Gasteiger charge is 2.16. The molecule has 4 nitrogen and oxygen atoms in total. The van der Waals surface area contributed by atoms with E-state index in [1.54, 1.807) is 25.1 Å². The fourth-order valence-electron chi connectivity index (χ4n) is 2.01. The van der Waals surface area contributed by atoms with Crippen LogP contribution in [0.2, 0.25) is 0 Å². The third-order valence-corrected chi connectivity index (χ3v) is 2.99. The van der Waals surface area contributed by atoms with E-state index < -0.39 is 11.9 Å². The van der Waals surface area contributed by atoms with Crippen molar-refractivity contribution in [3.8, 4) is 23.0 Å². The first-order chi connectivity index (χ1) is 9.63. The van der Waals surface area contributed by atoms with Crippen molar-refractivity contribution in [3.63, 3.8) is 0 Å². The molecule has 0 bridgehead atoms. The Balaban J connectivity index is 1.91. The van der Waals surface area contributed by atoms with Crippen molar-refractivity contribution in [1.82, 2.24) is 0 Å². The van der Waals surface area contributed by atoms with Crippen molar-refractivity contribution in [1.29, 1.82) is 0 Å². The lowest BCUT2D eigenvalue weighted by Crippen LogP contribution is -1.97. The minimum Gasteiger partial charge on any atom is -0.457 e. The summed E-state index contributed by atoms with van der Waals surface area (Å²) >= 11 is 0. The Hall–Kier alpha value is -2.27. The molecule has 0 saturated heterocycles. The zero-order chi connectivity index (χ0) is 14.1. The van der Waals surface area contributed by atoms with Crippen LogP contribution >= 0.6 is 0 Å². The van der Waals surface area contributed by atoms with Gasteiger partial charge in [0.1, 0.15) is 17.3 Å². The number of hydrogen-bond acceptors (Lipinski definition) is 4. The summed E-state index contributed by atoms with van der Waals surface area (Å²) in [4.78, 5) is 0. The van der Waals surface area contributed by atoms with Crippen molar-refractivity contribution >= 4 is 0 Å². The van der Waals surface area contributed by atoms with E-state index >= 15 is 0 Å². The number of hydrogen-bond donors (Lipinski definition) is 1. The second-order valence-electron chi connectivity index (χ2n) is 4.48. The smallest absolute Gasteiger partial charge is 0.231 e. The van der Waals surface area contributed by atoms with Crippen molar-refractivity contribution in [2.24, 2.45) is 0 Å². The van der Waals surface area contributed by atoms with Crippen LogP contribution in [0.4, 0.5) is 4.39 Å². The monoisotopic (exact) mass is 276 g/mol. The van der Waals surface area contributed by atoms with E-state index in [0.29, 0.717) is 28.6 Å². The molecule has 0 fully saturated rings. The summed E-state index contributed by atoms with van der Waals surface area (Å²) in [6, 6.07) is 9.19. The van der Waals surface area contributed by atoms with Crippen LogP contribution in [-0.4, -0.2) is 11.9 Å². The highest BCUT2D eigenvalue weighted by atomic mass is 19.1. The largest absolute Gasteiger partial charge is 0.457 e. The van der Waals surface area contributed by atoms with E-state index in [2.05, 4.69) is 0 Å². The standard InChI is InChI=1S/C15H13FO4/c1-9(17)12-6-10(16)2-4-13(12)20-11-3-5-14-15(7-11)19-8-18-14/h2-7,9,17H,8H2,1H3/t9-/m1/s1. The summed E-state index contributed by atoms with van der Waals surface area (Å²) in [6.07, 6.45) is -0.824. The van der Waals surface area contributed by atoms with E-state index in [1.165, 1.54) is 18.2 Å². The van der Waals surface area contributed by atoms with Gasteiger partial charge in [-0.1, -0.05) is 0 Å². The van der Waals surface area contributed by atoms with Crippen molar-refractivity contribution in [2.75, 3.05) is 6.79 Å². The summed E-state index contributed by atoms with van der Waals surface area (Å²) in [5.74, 6) is 1.78. The van der Waals surface area contributed by atoms with Gasteiger partial charge in [0, 0.05) is 11.6 Å². The molecule has 1 aliphatic rings. The van der Waals surface area contributed by atoms with Gasteiger partial charge in [-0.2, -0.15) is 0 Å². The van der Waals surface area contributed by atoms with Gasteiger partial charge in [0.2, 0.25) is 6.79 Å². The maximum Gasteiger partial charge on any atom is 0.231 e. The Kier molecular flexibility index (Phi) is 3.20. The van der Waals surface area contributed by atoms with Gasteiger partial charge in [-0.25, -0.2) is 4.39 Å². The van der Waals surface area contributed by atoms with Gasteiger partial charge in [0.15, 0.2) is 11.5 Å². The predicted molar refractivity (Wildman–Crippen MR) is 69.7 cm³/mol. The molecular formula is C15H13FO4. The zero-order valence-corrected chi connectivity index (χ0v) is 10.8. The van der Waals surface area contributed by atoms with Gasteiger partial charge >= 0.3 is 0 Å². The topological polar surface area (TPSA) is 47.9 Å². The Bertz CT molecular complexity index is 640. The minimum atomic E-state index is -0.824. The number of halogens is 1. The van der Waals surface area contributed by atoms with E-state index in [9.17, 15) is 9.50 Å². The SMILES string of the molecule is C[C@@H](O)c1cc(F)ccc1Oc1ccc2c(c1)OCO2. The van der Waals surface area contributed by atoms with Gasteiger partial charge < -0.3 is 19.3 Å². The molecule has 0 aromatic heterocycles. The molecule has 0 spiro atoms. The first-order valence-corrected chi connectivity index (χ1v) is 6.18. The van der Waals surface area contributed by atoms with Gasteiger partial charge in [0.25, 0.3) is 0 Å². The van der Waals surface area contributed by atoms with Crippen LogP contribution in [0.25, 0.3) is 0 Å². The molecule has 5 heteroatoms. The summed E-state index contributed by atoms with van der Waals surface area (Å²) in [5, 5.41) is 9.67. The van der Waals surface area contributed by atoms with Crippen LogP contribution in [0.3, 0.4) is 0 Å².